The van der Waals surface area contributed by atoms with Gasteiger partial charge in [-0.15, -0.1) is 0 Å². The van der Waals surface area contributed by atoms with E-state index in [0.29, 0.717) is 0 Å². The second-order valence-electron chi connectivity index (χ2n) is 8.15. The number of rotatable bonds is 0. The van der Waals surface area contributed by atoms with Crippen LogP contribution in [0.4, 0.5) is 5.69 Å². The van der Waals surface area contributed by atoms with E-state index >= 15 is 0 Å². The number of aromatic nitrogens is 3. The lowest BCUT2D eigenvalue weighted by molar-refractivity contribution is 0.371. The van der Waals surface area contributed by atoms with Crippen molar-refractivity contribution >= 4 is 33.5 Å². The second kappa shape index (κ2) is 4.47. The molecule has 0 saturated heterocycles. The van der Waals surface area contributed by atoms with E-state index < -0.39 is 12.5 Å². The lowest BCUT2D eigenvalue weighted by Crippen LogP contribution is -2.45. The monoisotopic (exact) mass is 360 g/mol. The molecule has 0 amide bonds. The zero-order valence-corrected chi connectivity index (χ0v) is 15.9. The van der Waals surface area contributed by atoms with E-state index in [1.807, 2.05) is 31.3 Å². The SMILES string of the molecule is [2H]C([2H])([2H])N1C=C2N(c3c(C)ccc4c3n(c3nc5ccccc5n43)C2(C)C)[C@H]1C. The standard InChI is InChI=1S/C22H23N5/c1-13-10-11-17-20-19(13)25-14(2)24(5)12-18(25)22(3,4)27(20)21-23-15-8-6-7-9-16(15)26(17)21/h6-12,14H,1-5H3/t14-/m0/s1/i5D3. The molecule has 2 aliphatic rings. The van der Waals surface area contributed by atoms with E-state index in [-0.39, 0.29) is 6.17 Å². The molecule has 0 N–H and O–H groups in total. The Kier molecular flexibility index (Phi) is 2.06. The highest BCUT2D eigenvalue weighted by atomic mass is 15.4. The Labute approximate surface area is 162 Å². The molecular weight excluding hydrogens is 334 g/mol. The van der Waals surface area contributed by atoms with Gasteiger partial charge in [-0.1, -0.05) is 18.2 Å². The first-order valence-electron chi connectivity index (χ1n) is 10.8. The molecule has 2 aromatic carbocycles. The summed E-state index contributed by atoms with van der Waals surface area (Å²) in [6, 6.07) is 12.5. The summed E-state index contributed by atoms with van der Waals surface area (Å²) >= 11 is 0. The fraction of sp³-hybridized carbons (Fsp3) is 0.318. The van der Waals surface area contributed by atoms with Crippen LogP contribution in [-0.2, 0) is 5.54 Å². The highest BCUT2D eigenvalue weighted by Crippen LogP contribution is 2.50. The predicted octanol–water partition coefficient (Wildman–Crippen LogP) is 4.44. The Morgan fingerprint density at radius 2 is 1.93 bits per heavy atom. The highest BCUT2D eigenvalue weighted by Gasteiger charge is 2.45. The fourth-order valence-electron chi connectivity index (χ4n) is 4.91. The van der Waals surface area contributed by atoms with Gasteiger partial charge in [-0.05, 0) is 51.5 Å². The largest absolute Gasteiger partial charge is 0.359 e. The van der Waals surface area contributed by atoms with Crippen LogP contribution in [0.25, 0.3) is 27.8 Å². The van der Waals surface area contributed by atoms with Gasteiger partial charge in [0.15, 0.2) is 0 Å². The maximum absolute atomic E-state index is 8.03. The van der Waals surface area contributed by atoms with Gasteiger partial charge in [-0.25, -0.2) is 4.98 Å². The minimum absolute atomic E-state index is 0.302. The molecular formula is C22H23N5. The summed E-state index contributed by atoms with van der Waals surface area (Å²) in [5.74, 6) is 0.878. The lowest BCUT2D eigenvalue weighted by Gasteiger charge is -2.43. The number of hydrogen-bond acceptors (Lipinski definition) is 3. The van der Waals surface area contributed by atoms with Gasteiger partial charge in [0.05, 0.1) is 39.0 Å². The van der Waals surface area contributed by atoms with Gasteiger partial charge in [-0.2, -0.15) is 0 Å². The first kappa shape index (κ1) is 12.4. The minimum Gasteiger partial charge on any atom is -0.359 e. The summed E-state index contributed by atoms with van der Waals surface area (Å²) in [6.07, 6.45) is 1.52. The summed E-state index contributed by atoms with van der Waals surface area (Å²) in [6.45, 7) is 6.14. The van der Waals surface area contributed by atoms with Crippen LogP contribution in [0.5, 0.6) is 0 Å². The van der Waals surface area contributed by atoms with Crippen molar-refractivity contribution in [3.05, 3.63) is 53.9 Å². The van der Waals surface area contributed by atoms with Crippen LogP contribution < -0.4 is 4.90 Å². The van der Waals surface area contributed by atoms with Crippen LogP contribution >= 0.6 is 0 Å². The van der Waals surface area contributed by atoms with E-state index in [9.17, 15) is 0 Å². The first-order chi connectivity index (χ1) is 14.1. The molecule has 27 heavy (non-hydrogen) atoms. The molecule has 0 aliphatic carbocycles. The van der Waals surface area contributed by atoms with E-state index in [1.54, 1.807) is 0 Å². The molecule has 4 aromatic rings. The Bertz CT molecular complexity index is 1410. The molecule has 0 bridgehead atoms. The average molecular weight is 360 g/mol. The van der Waals surface area contributed by atoms with Gasteiger partial charge >= 0.3 is 0 Å². The van der Waals surface area contributed by atoms with Gasteiger partial charge in [0, 0.05) is 17.3 Å². The normalized spacial score (nSPS) is 22.9. The first-order valence-corrected chi connectivity index (χ1v) is 9.34. The van der Waals surface area contributed by atoms with Gasteiger partial charge in [0.25, 0.3) is 0 Å². The van der Waals surface area contributed by atoms with Crippen molar-refractivity contribution in [2.24, 2.45) is 0 Å². The van der Waals surface area contributed by atoms with Gasteiger partial charge in [0.2, 0.25) is 5.78 Å². The number of allylic oxidation sites excluding steroid dienone is 1. The zero-order valence-electron chi connectivity index (χ0n) is 18.9. The molecule has 0 radical (unpaired) electrons. The van der Waals surface area contributed by atoms with Crippen LogP contribution in [0.15, 0.2) is 48.3 Å². The minimum atomic E-state index is -2.20. The Balaban J connectivity index is 1.80. The molecule has 0 spiro atoms. The Morgan fingerprint density at radius 1 is 1.11 bits per heavy atom. The maximum Gasteiger partial charge on any atom is 0.216 e. The second-order valence-corrected chi connectivity index (χ2v) is 8.15. The van der Waals surface area contributed by atoms with E-state index in [0.717, 1.165) is 44.8 Å². The van der Waals surface area contributed by atoms with Crippen molar-refractivity contribution in [3.8, 4) is 0 Å². The molecule has 5 heteroatoms. The van der Waals surface area contributed by atoms with E-state index in [4.69, 9.17) is 9.10 Å². The van der Waals surface area contributed by atoms with Crippen molar-refractivity contribution in [3.63, 3.8) is 0 Å². The Hall–Kier alpha value is -2.95. The Morgan fingerprint density at radius 3 is 2.74 bits per heavy atom. The molecule has 0 unspecified atom stereocenters. The van der Waals surface area contributed by atoms with Crippen molar-refractivity contribution in [2.75, 3.05) is 11.9 Å². The van der Waals surface area contributed by atoms with E-state index in [2.05, 4.69) is 52.8 Å². The number of fused-ring (bicyclic) bond motifs is 7. The third-order valence-corrected chi connectivity index (χ3v) is 6.26. The van der Waals surface area contributed by atoms with Crippen LogP contribution in [0, 0.1) is 6.92 Å². The van der Waals surface area contributed by atoms with Crippen LogP contribution in [-0.4, -0.2) is 32.0 Å². The summed E-state index contributed by atoms with van der Waals surface area (Å²) < 4.78 is 28.6. The molecule has 2 aliphatic heterocycles. The molecule has 1 atom stereocenters. The summed E-state index contributed by atoms with van der Waals surface area (Å²) in [5, 5.41) is 0. The molecule has 5 nitrogen and oxygen atoms in total. The number of benzene rings is 2. The van der Waals surface area contributed by atoms with Crippen molar-refractivity contribution in [2.45, 2.75) is 39.4 Å². The van der Waals surface area contributed by atoms with Crippen LogP contribution in [0.2, 0.25) is 0 Å². The smallest absolute Gasteiger partial charge is 0.216 e. The number of imidazole rings is 2. The van der Waals surface area contributed by atoms with Crippen molar-refractivity contribution in [1.82, 2.24) is 18.9 Å². The topological polar surface area (TPSA) is 28.7 Å². The highest BCUT2D eigenvalue weighted by molar-refractivity contribution is 6.00. The van der Waals surface area contributed by atoms with Gasteiger partial charge in [-0.3, -0.25) is 8.97 Å². The number of para-hydroxylation sites is 2. The molecule has 0 saturated carbocycles. The average Bonchev–Trinajstić information content (AvgIpc) is 3.30. The fourth-order valence-corrected chi connectivity index (χ4v) is 4.91. The molecule has 6 rings (SSSR count). The quantitative estimate of drug-likeness (QED) is 0.464. The van der Waals surface area contributed by atoms with Gasteiger partial charge in [0.1, 0.15) is 6.17 Å². The van der Waals surface area contributed by atoms with Crippen molar-refractivity contribution < 1.29 is 4.11 Å². The molecule has 4 heterocycles. The molecule has 2 aromatic heterocycles. The summed E-state index contributed by atoms with van der Waals surface area (Å²) in [5.41, 5.74) is 6.90. The van der Waals surface area contributed by atoms with E-state index in [1.165, 1.54) is 4.90 Å². The number of anilines is 1. The maximum atomic E-state index is 8.03. The van der Waals surface area contributed by atoms with Crippen LogP contribution in [0.1, 0.15) is 30.4 Å². The van der Waals surface area contributed by atoms with Crippen molar-refractivity contribution in [1.29, 1.82) is 0 Å². The summed E-state index contributed by atoms with van der Waals surface area (Å²) in [7, 11) is 0. The van der Waals surface area contributed by atoms with Gasteiger partial charge < -0.3 is 9.80 Å². The third kappa shape index (κ3) is 1.55. The molecule has 0 fully saturated rings. The number of hydrogen-bond donors (Lipinski definition) is 0. The number of aryl methyl sites for hydroxylation is 1. The summed E-state index contributed by atoms with van der Waals surface area (Å²) in [4.78, 5) is 8.67. The predicted molar refractivity (Wildman–Crippen MR) is 110 cm³/mol. The van der Waals surface area contributed by atoms with Crippen LogP contribution in [0.3, 0.4) is 0 Å². The zero-order chi connectivity index (χ0) is 21.2. The lowest BCUT2D eigenvalue weighted by atomic mass is 9.94. The molecule has 136 valence electrons. The third-order valence-electron chi connectivity index (χ3n) is 6.26. The number of nitrogens with zero attached hydrogens (tertiary/aromatic N) is 5.